The summed E-state index contributed by atoms with van der Waals surface area (Å²) in [7, 11) is 3.37. The Kier molecular flexibility index (Phi) is 7.04. The van der Waals surface area contributed by atoms with Gasteiger partial charge < -0.3 is 19.7 Å². The zero-order valence-electron chi connectivity index (χ0n) is 11.7. The highest BCUT2D eigenvalue weighted by Gasteiger charge is 2.19. The average Bonchev–Trinajstić information content (AvgIpc) is 2.56. The topological polar surface area (TPSA) is 33.7 Å². The summed E-state index contributed by atoms with van der Waals surface area (Å²) in [4.78, 5) is 2.56. The number of nitrogens with zero attached hydrogens (tertiary/aromatic N) is 1. The standard InChI is InChI=1S/C13H28N2O2/c1-11(2)15-8-5-6-12(7-9-15)14-10-13(16-3)17-4/h11-14H,5-10H2,1-4H3. The van der Waals surface area contributed by atoms with Crippen LogP contribution in [0.1, 0.15) is 33.1 Å². The fraction of sp³-hybridized carbons (Fsp3) is 1.00. The van der Waals surface area contributed by atoms with Crippen molar-refractivity contribution < 1.29 is 9.47 Å². The summed E-state index contributed by atoms with van der Waals surface area (Å²) < 4.78 is 10.4. The van der Waals surface area contributed by atoms with Crippen molar-refractivity contribution in [3.05, 3.63) is 0 Å². The van der Waals surface area contributed by atoms with Gasteiger partial charge in [-0.15, -0.1) is 0 Å². The van der Waals surface area contributed by atoms with Crippen molar-refractivity contribution in [1.29, 1.82) is 0 Å². The van der Waals surface area contributed by atoms with Crippen molar-refractivity contribution in [1.82, 2.24) is 10.2 Å². The molecule has 17 heavy (non-hydrogen) atoms. The summed E-state index contributed by atoms with van der Waals surface area (Å²) in [5, 5.41) is 3.55. The Labute approximate surface area is 106 Å². The molecule has 0 aliphatic carbocycles. The van der Waals surface area contributed by atoms with Gasteiger partial charge in [-0.3, -0.25) is 0 Å². The van der Waals surface area contributed by atoms with E-state index >= 15 is 0 Å². The van der Waals surface area contributed by atoms with Crippen LogP contribution in [0, 0.1) is 0 Å². The van der Waals surface area contributed by atoms with Crippen LogP contribution in [0.15, 0.2) is 0 Å². The molecule has 1 N–H and O–H groups in total. The molecule has 0 saturated carbocycles. The Balaban J connectivity index is 2.26. The molecule has 1 saturated heterocycles. The lowest BCUT2D eigenvalue weighted by Gasteiger charge is -2.24. The predicted molar refractivity (Wildman–Crippen MR) is 70.2 cm³/mol. The summed E-state index contributed by atoms with van der Waals surface area (Å²) >= 11 is 0. The van der Waals surface area contributed by atoms with E-state index in [1.54, 1.807) is 14.2 Å². The molecule has 1 rings (SSSR count). The van der Waals surface area contributed by atoms with Crippen LogP contribution < -0.4 is 5.32 Å². The maximum absolute atomic E-state index is 5.19. The number of hydrogen-bond acceptors (Lipinski definition) is 4. The second-order valence-electron chi connectivity index (χ2n) is 5.07. The number of likely N-dealkylation sites (tertiary alicyclic amines) is 1. The van der Waals surface area contributed by atoms with Gasteiger partial charge in [0.15, 0.2) is 6.29 Å². The first kappa shape index (κ1) is 14.9. The van der Waals surface area contributed by atoms with Crippen molar-refractivity contribution in [2.75, 3.05) is 33.9 Å². The molecule has 1 atom stereocenters. The molecule has 0 amide bonds. The van der Waals surface area contributed by atoms with Crippen molar-refractivity contribution >= 4 is 0 Å². The first-order valence-electron chi connectivity index (χ1n) is 6.70. The van der Waals surface area contributed by atoms with E-state index in [1.807, 2.05) is 0 Å². The molecular weight excluding hydrogens is 216 g/mol. The average molecular weight is 244 g/mol. The number of hydrogen-bond donors (Lipinski definition) is 1. The smallest absolute Gasteiger partial charge is 0.169 e. The Morgan fingerprint density at radius 3 is 2.47 bits per heavy atom. The van der Waals surface area contributed by atoms with Gasteiger partial charge in [0.1, 0.15) is 0 Å². The first-order valence-corrected chi connectivity index (χ1v) is 6.70. The molecule has 0 bridgehead atoms. The van der Waals surface area contributed by atoms with Crippen LogP contribution in [0.4, 0.5) is 0 Å². The van der Waals surface area contributed by atoms with E-state index in [0.717, 1.165) is 6.54 Å². The molecule has 0 aromatic carbocycles. The summed E-state index contributed by atoms with van der Waals surface area (Å²) in [5.74, 6) is 0. The second-order valence-corrected chi connectivity index (χ2v) is 5.07. The van der Waals surface area contributed by atoms with E-state index in [4.69, 9.17) is 9.47 Å². The summed E-state index contributed by atoms with van der Waals surface area (Å²) in [6.07, 6.45) is 3.63. The Hall–Kier alpha value is -0.160. The van der Waals surface area contributed by atoms with E-state index in [1.165, 1.54) is 32.4 Å². The summed E-state index contributed by atoms with van der Waals surface area (Å²) in [6.45, 7) is 7.76. The Bertz CT molecular complexity index is 196. The first-order chi connectivity index (χ1) is 8.17. The maximum Gasteiger partial charge on any atom is 0.169 e. The number of methoxy groups -OCH3 is 2. The van der Waals surface area contributed by atoms with E-state index in [2.05, 4.69) is 24.1 Å². The van der Waals surface area contributed by atoms with Gasteiger partial charge in [-0.1, -0.05) is 0 Å². The Morgan fingerprint density at radius 1 is 1.18 bits per heavy atom. The van der Waals surface area contributed by atoms with Gasteiger partial charge in [0.2, 0.25) is 0 Å². The lowest BCUT2D eigenvalue weighted by molar-refractivity contribution is -0.1000. The number of rotatable bonds is 6. The Morgan fingerprint density at radius 2 is 1.88 bits per heavy atom. The van der Waals surface area contributed by atoms with Crippen LogP contribution in [0.5, 0.6) is 0 Å². The lowest BCUT2D eigenvalue weighted by Crippen LogP contribution is -2.38. The molecule has 1 aliphatic rings. The summed E-state index contributed by atoms with van der Waals surface area (Å²) in [5.41, 5.74) is 0. The van der Waals surface area contributed by atoms with Gasteiger partial charge in [0.05, 0.1) is 0 Å². The molecule has 1 aliphatic heterocycles. The minimum Gasteiger partial charge on any atom is -0.355 e. The van der Waals surface area contributed by atoms with E-state index in [0.29, 0.717) is 12.1 Å². The van der Waals surface area contributed by atoms with Crippen LogP contribution in [0.3, 0.4) is 0 Å². The SMILES string of the molecule is COC(CNC1CCCN(C(C)C)CC1)OC. The third-order valence-corrected chi connectivity index (χ3v) is 3.59. The third-order valence-electron chi connectivity index (χ3n) is 3.59. The highest BCUT2D eigenvalue weighted by Crippen LogP contribution is 2.13. The quantitative estimate of drug-likeness (QED) is 0.717. The molecule has 4 heteroatoms. The monoisotopic (exact) mass is 244 g/mol. The van der Waals surface area contributed by atoms with Crippen molar-refractivity contribution in [3.63, 3.8) is 0 Å². The largest absolute Gasteiger partial charge is 0.355 e. The van der Waals surface area contributed by atoms with Crippen LogP contribution in [0.2, 0.25) is 0 Å². The minimum absolute atomic E-state index is 0.126. The van der Waals surface area contributed by atoms with Gasteiger partial charge in [-0.25, -0.2) is 0 Å². The van der Waals surface area contributed by atoms with Gasteiger partial charge in [0, 0.05) is 32.8 Å². The highest BCUT2D eigenvalue weighted by molar-refractivity contribution is 4.76. The van der Waals surface area contributed by atoms with Crippen molar-refractivity contribution in [2.45, 2.75) is 51.5 Å². The van der Waals surface area contributed by atoms with Crippen LogP contribution in [-0.4, -0.2) is 57.1 Å². The summed E-state index contributed by atoms with van der Waals surface area (Å²) in [6, 6.07) is 1.27. The van der Waals surface area contributed by atoms with Gasteiger partial charge in [-0.05, 0) is 46.2 Å². The number of nitrogens with one attached hydrogen (secondary N) is 1. The maximum atomic E-state index is 5.19. The molecule has 102 valence electrons. The third kappa shape index (κ3) is 5.34. The van der Waals surface area contributed by atoms with E-state index < -0.39 is 0 Å². The molecule has 1 heterocycles. The zero-order chi connectivity index (χ0) is 12.7. The van der Waals surface area contributed by atoms with Gasteiger partial charge in [-0.2, -0.15) is 0 Å². The number of ether oxygens (including phenoxy) is 2. The van der Waals surface area contributed by atoms with Crippen LogP contribution in [-0.2, 0) is 9.47 Å². The molecule has 1 unspecified atom stereocenters. The van der Waals surface area contributed by atoms with Gasteiger partial charge >= 0.3 is 0 Å². The van der Waals surface area contributed by atoms with Crippen LogP contribution in [0.25, 0.3) is 0 Å². The molecule has 0 spiro atoms. The minimum atomic E-state index is -0.126. The molecule has 0 radical (unpaired) electrons. The fourth-order valence-corrected chi connectivity index (χ4v) is 2.36. The molecule has 0 aromatic rings. The van der Waals surface area contributed by atoms with E-state index in [9.17, 15) is 0 Å². The highest BCUT2D eigenvalue weighted by atomic mass is 16.7. The van der Waals surface area contributed by atoms with Crippen molar-refractivity contribution in [3.8, 4) is 0 Å². The van der Waals surface area contributed by atoms with Gasteiger partial charge in [0.25, 0.3) is 0 Å². The predicted octanol–water partition coefficient (Wildman–Crippen LogP) is 1.46. The zero-order valence-corrected chi connectivity index (χ0v) is 11.7. The molecular formula is C13H28N2O2. The van der Waals surface area contributed by atoms with Crippen LogP contribution >= 0.6 is 0 Å². The molecule has 4 nitrogen and oxygen atoms in total. The van der Waals surface area contributed by atoms with E-state index in [-0.39, 0.29) is 6.29 Å². The van der Waals surface area contributed by atoms with Crippen molar-refractivity contribution in [2.24, 2.45) is 0 Å². The molecule has 1 fully saturated rings. The second kappa shape index (κ2) is 8.03. The fourth-order valence-electron chi connectivity index (χ4n) is 2.36. The lowest BCUT2D eigenvalue weighted by atomic mass is 10.1. The normalized spacial score (nSPS) is 23.3. The molecule has 0 aromatic heterocycles.